The van der Waals surface area contributed by atoms with Crippen LogP contribution in [0.5, 0.6) is 0 Å². The van der Waals surface area contributed by atoms with Crippen LogP contribution in [0.1, 0.15) is 27.6 Å². The van der Waals surface area contributed by atoms with Gasteiger partial charge in [0.2, 0.25) is 0 Å². The molecular formula is C9H11NO2S. The van der Waals surface area contributed by atoms with Crippen molar-refractivity contribution in [3.63, 3.8) is 0 Å². The standard InChI is InChI=1S/C9H11NO2S/c1-12-9(11)5-2-8(13-4-5)6-3-7(6)10/h2,4,6-7H,3,10H2,1H3/t6-,7-/m1/s1. The third-order valence-corrected chi connectivity index (χ3v) is 3.31. The second kappa shape index (κ2) is 3.12. The third-order valence-electron chi connectivity index (χ3n) is 2.25. The zero-order chi connectivity index (χ0) is 9.42. The number of esters is 1. The molecule has 70 valence electrons. The predicted octanol–water partition coefficient (Wildman–Crippen LogP) is 1.35. The maximum atomic E-state index is 11.1. The minimum atomic E-state index is -0.267. The molecule has 0 amide bonds. The molecule has 13 heavy (non-hydrogen) atoms. The van der Waals surface area contributed by atoms with Gasteiger partial charge in [-0.1, -0.05) is 0 Å². The Kier molecular flexibility index (Phi) is 2.09. The van der Waals surface area contributed by atoms with Crippen molar-refractivity contribution in [2.24, 2.45) is 5.73 Å². The molecule has 2 rings (SSSR count). The van der Waals surface area contributed by atoms with Crippen LogP contribution in [0.4, 0.5) is 0 Å². The second-order valence-electron chi connectivity index (χ2n) is 3.24. The van der Waals surface area contributed by atoms with E-state index in [0.717, 1.165) is 6.42 Å². The molecule has 1 saturated carbocycles. The molecule has 0 radical (unpaired) electrons. The molecule has 1 fully saturated rings. The number of hydrogen-bond acceptors (Lipinski definition) is 4. The van der Waals surface area contributed by atoms with Gasteiger partial charge in [-0.3, -0.25) is 0 Å². The van der Waals surface area contributed by atoms with Gasteiger partial charge in [0.15, 0.2) is 0 Å². The molecule has 0 bridgehead atoms. The van der Waals surface area contributed by atoms with Crippen molar-refractivity contribution in [2.75, 3.05) is 7.11 Å². The van der Waals surface area contributed by atoms with Gasteiger partial charge in [0.25, 0.3) is 0 Å². The Morgan fingerprint density at radius 1 is 1.77 bits per heavy atom. The molecule has 1 aromatic rings. The molecule has 3 nitrogen and oxygen atoms in total. The van der Waals surface area contributed by atoms with Gasteiger partial charge in [0.05, 0.1) is 12.7 Å². The van der Waals surface area contributed by atoms with E-state index in [1.807, 2.05) is 11.4 Å². The summed E-state index contributed by atoms with van der Waals surface area (Å²) in [5.41, 5.74) is 6.35. The van der Waals surface area contributed by atoms with Crippen molar-refractivity contribution < 1.29 is 9.53 Å². The molecule has 1 heterocycles. The highest BCUT2D eigenvalue weighted by Gasteiger charge is 2.36. The van der Waals surface area contributed by atoms with E-state index in [1.54, 1.807) is 11.3 Å². The molecule has 0 spiro atoms. The van der Waals surface area contributed by atoms with Crippen molar-refractivity contribution in [3.05, 3.63) is 21.9 Å². The number of nitrogens with two attached hydrogens (primary N) is 1. The summed E-state index contributed by atoms with van der Waals surface area (Å²) in [5, 5.41) is 1.83. The summed E-state index contributed by atoms with van der Waals surface area (Å²) in [5.74, 6) is 0.208. The molecule has 1 aliphatic carbocycles. The first-order valence-electron chi connectivity index (χ1n) is 4.14. The highest BCUT2D eigenvalue weighted by atomic mass is 32.1. The van der Waals surface area contributed by atoms with Crippen molar-refractivity contribution in [2.45, 2.75) is 18.4 Å². The van der Waals surface area contributed by atoms with E-state index in [0.29, 0.717) is 17.5 Å². The van der Waals surface area contributed by atoms with Gasteiger partial charge in [0.1, 0.15) is 0 Å². The van der Waals surface area contributed by atoms with Crippen LogP contribution in [-0.2, 0) is 4.74 Å². The Balaban J connectivity index is 2.14. The van der Waals surface area contributed by atoms with E-state index < -0.39 is 0 Å². The quantitative estimate of drug-likeness (QED) is 0.728. The smallest absolute Gasteiger partial charge is 0.338 e. The number of thiophene rings is 1. The average Bonchev–Trinajstić information content (AvgIpc) is 2.70. The van der Waals surface area contributed by atoms with Gasteiger partial charge in [-0.2, -0.15) is 0 Å². The van der Waals surface area contributed by atoms with Crippen LogP contribution in [0, 0.1) is 0 Å². The van der Waals surface area contributed by atoms with Crippen LogP contribution >= 0.6 is 11.3 Å². The van der Waals surface area contributed by atoms with E-state index in [2.05, 4.69) is 4.74 Å². The van der Waals surface area contributed by atoms with Crippen molar-refractivity contribution in [1.29, 1.82) is 0 Å². The van der Waals surface area contributed by atoms with Crippen LogP contribution < -0.4 is 5.73 Å². The average molecular weight is 197 g/mol. The highest BCUT2D eigenvalue weighted by molar-refractivity contribution is 7.10. The number of carbonyl (C=O) groups excluding carboxylic acids is 1. The summed E-state index contributed by atoms with van der Waals surface area (Å²) < 4.78 is 4.61. The molecule has 2 N–H and O–H groups in total. The lowest BCUT2D eigenvalue weighted by atomic mass is 10.2. The fourth-order valence-corrected chi connectivity index (χ4v) is 2.38. The summed E-state index contributed by atoms with van der Waals surface area (Å²) in [4.78, 5) is 12.3. The summed E-state index contributed by atoms with van der Waals surface area (Å²) in [6, 6.07) is 2.18. The first-order chi connectivity index (χ1) is 6.22. The molecule has 0 aliphatic heterocycles. The zero-order valence-electron chi connectivity index (χ0n) is 7.32. The number of methoxy groups -OCH3 is 1. The summed E-state index contributed by atoms with van der Waals surface area (Å²) in [7, 11) is 1.39. The number of carbonyl (C=O) groups is 1. The normalized spacial score (nSPS) is 25.7. The molecule has 0 saturated heterocycles. The van der Waals surface area contributed by atoms with Gasteiger partial charge >= 0.3 is 5.97 Å². The van der Waals surface area contributed by atoms with Crippen LogP contribution in [0.15, 0.2) is 11.4 Å². The van der Waals surface area contributed by atoms with Gasteiger partial charge in [-0.05, 0) is 12.5 Å². The molecule has 2 atom stereocenters. The second-order valence-corrected chi connectivity index (χ2v) is 4.18. The first kappa shape index (κ1) is 8.72. The Bertz CT molecular complexity index is 334. The lowest BCUT2D eigenvalue weighted by Gasteiger charge is -1.92. The van der Waals surface area contributed by atoms with Crippen molar-refractivity contribution in [1.82, 2.24) is 0 Å². The van der Waals surface area contributed by atoms with Crippen LogP contribution in [0.25, 0.3) is 0 Å². The number of hydrogen-bond donors (Lipinski definition) is 1. The molecule has 1 aromatic heterocycles. The van der Waals surface area contributed by atoms with E-state index in [-0.39, 0.29) is 5.97 Å². The van der Waals surface area contributed by atoms with E-state index >= 15 is 0 Å². The topological polar surface area (TPSA) is 52.3 Å². The summed E-state index contributed by atoms with van der Waals surface area (Å²) in [6.45, 7) is 0. The predicted molar refractivity (Wildman–Crippen MR) is 51.0 cm³/mol. The fraction of sp³-hybridized carbons (Fsp3) is 0.444. The molecular weight excluding hydrogens is 186 g/mol. The zero-order valence-corrected chi connectivity index (χ0v) is 8.14. The Labute approximate surface area is 80.5 Å². The Morgan fingerprint density at radius 3 is 3.00 bits per heavy atom. The minimum absolute atomic E-state index is 0.267. The Morgan fingerprint density at radius 2 is 2.46 bits per heavy atom. The number of ether oxygens (including phenoxy) is 1. The first-order valence-corrected chi connectivity index (χ1v) is 5.02. The van der Waals surface area contributed by atoms with Crippen molar-refractivity contribution in [3.8, 4) is 0 Å². The molecule has 1 aliphatic rings. The summed E-state index contributed by atoms with van der Waals surface area (Å²) in [6.07, 6.45) is 1.04. The van der Waals surface area contributed by atoms with E-state index in [9.17, 15) is 4.79 Å². The highest BCUT2D eigenvalue weighted by Crippen LogP contribution is 2.41. The van der Waals surface area contributed by atoms with Crippen LogP contribution in [0.3, 0.4) is 0 Å². The van der Waals surface area contributed by atoms with Crippen LogP contribution in [0.2, 0.25) is 0 Å². The SMILES string of the molecule is COC(=O)c1csc([C@@H]2C[C@H]2N)c1. The van der Waals surface area contributed by atoms with Gasteiger partial charge in [0, 0.05) is 22.2 Å². The maximum absolute atomic E-state index is 11.1. The van der Waals surface area contributed by atoms with Gasteiger partial charge in [-0.25, -0.2) is 4.79 Å². The van der Waals surface area contributed by atoms with Crippen LogP contribution in [-0.4, -0.2) is 19.1 Å². The van der Waals surface area contributed by atoms with Crippen molar-refractivity contribution >= 4 is 17.3 Å². The summed E-state index contributed by atoms with van der Waals surface area (Å²) >= 11 is 1.59. The largest absolute Gasteiger partial charge is 0.465 e. The lowest BCUT2D eigenvalue weighted by Crippen LogP contribution is -2.00. The monoisotopic (exact) mass is 197 g/mol. The van der Waals surface area contributed by atoms with E-state index in [4.69, 9.17) is 5.73 Å². The number of rotatable bonds is 2. The minimum Gasteiger partial charge on any atom is -0.465 e. The lowest BCUT2D eigenvalue weighted by molar-refractivity contribution is 0.0601. The fourth-order valence-electron chi connectivity index (χ4n) is 1.31. The molecule has 4 heteroatoms. The Hall–Kier alpha value is -0.870. The maximum Gasteiger partial charge on any atom is 0.338 e. The third kappa shape index (κ3) is 1.59. The molecule has 0 unspecified atom stereocenters. The molecule has 0 aromatic carbocycles. The van der Waals surface area contributed by atoms with Gasteiger partial charge < -0.3 is 10.5 Å². The van der Waals surface area contributed by atoms with Gasteiger partial charge in [-0.15, -0.1) is 11.3 Å². The van der Waals surface area contributed by atoms with E-state index in [1.165, 1.54) is 12.0 Å².